The molecule has 4 nitrogen and oxygen atoms in total. The van der Waals surface area contributed by atoms with Crippen molar-refractivity contribution < 1.29 is 0 Å². The molecule has 3 rings (SSSR count). The van der Waals surface area contributed by atoms with Crippen molar-refractivity contribution in [2.75, 3.05) is 5.73 Å². The smallest absolute Gasteiger partial charge is 0.197 e. The summed E-state index contributed by atoms with van der Waals surface area (Å²) in [5, 5.41) is 1.20. The van der Waals surface area contributed by atoms with Crippen LogP contribution >= 0.6 is 0 Å². The minimum Gasteiger partial charge on any atom is -0.369 e. The first-order valence-corrected chi connectivity index (χ1v) is 4.91. The number of pyridine rings is 1. The number of hydrogen-bond donors (Lipinski definition) is 2. The Morgan fingerprint density at radius 3 is 2.38 bits per heavy atom. The molecular weight excluding hydrogens is 200 g/mol. The van der Waals surface area contributed by atoms with Gasteiger partial charge in [0, 0.05) is 24.0 Å². The topological polar surface area (TPSA) is 67.6 Å². The van der Waals surface area contributed by atoms with E-state index in [1.165, 1.54) is 5.39 Å². The van der Waals surface area contributed by atoms with Crippen LogP contribution in [0.15, 0.2) is 55.0 Å². The van der Waals surface area contributed by atoms with Gasteiger partial charge in [-0.3, -0.25) is 4.98 Å². The second-order valence-corrected chi connectivity index (χ2v) is 3.17. The molecule has 2 aromatic heterocycles. The molecule has 1 aromatic carbocycles. The van der Waals surface area contributed by atoms with Crippen LogP contribution in [0.4, 0.5) is 5.95 Å². The Balaban J connectivity index is 0.000000138. The van der Waals surface area contributed by atoms with E-state index in [9.17, 15) is 0 Å². The number of nitrogen functional groups attached to an aromatic ring is 1. The molecule has 0 aliphatic carbocycles. The number of H-pyrrole nitrogens is 1. The highest BCUT2D eigenvalue weighted by molar-refractivity contribution is 5.77. The molecule has 0 amide bonds. The quantitative estimate of drug-likeness (QED) is 0.600. The van der Waals surface area contributed by atoms with Gasteiger partial charge in [0.2, 0.25) is 0 Å². The number of para-hydroxylation sites is 1. The molecule has 0 unspecified atom stereocenters. The summed E-state index contributed by atoms with van der Waals surface area (Å²) in [7, 11) is 0. The third-order valence-corrected chi connectivity index (χ3v) is 2.03. The lowest BCUT2D eigenvalue weighted by molar-refractivity contribution is 1.33. The van der Waals surface area contributed by atoms with E-state index < -0.39 is 0 Å². The van der Waals surface area contributed by atoms with Gasteiger partial charge in [-0.05, 0) is 12.1 Å². The first kappa shape index (κ1) is 10.2. The van der Waals surface area contributed by atoms with Crippen molar-refractivity contribution in [1.82, 2.24) is 15.0 Å². The zero-order chi connectivity index (χ0) is 11.2. The molecule has 0 aliphatic rings. The van der Waals surface area contributed by atoms with Crippen LogP contribution in [0.25, 0.3) is 10.9 Å². The van der Waals surface area contributed by atoms with Crippen LogP contribution in [0.3, 0.4) is 0 Å². The number of nitrogens with two attached hydrogens (primary N) is 1. The average molecular weight is 212 g/mol. The number of imidazole rings is 1. The lowest BCUT2D eigenvalue weighted by Gasteiger charge is -1.91. The highest BCUT2D eigenvalue weighted by Gasteiger charge is 1.86. The maximum atomic E-state index is 5.11. The largest absolute Gasteiger partial charge is 0.369 e. The number of fused-ring (bicyclic) bond motifs is 1. The highest BCUT2D eigenvalue weighted by atomic mass is 15.0. The Labute approximate surface area is 93.2 Å². The number of anilines is 1. The zero-order valence-electron chi connectivity index (χ0n) is 8.67. The summed E-state index contributed by atoms with van der Waals surface area (Å²) in [6.45, 7) is 0. The molecule has 0 saturated carbocycles. The Morgan fingerprint density at radius 1 is 0.938 bits per heavy atom. The lowest BCUT2D eigenvalue weighted by Crippen LogP contribution is -1.83. The summed E-state index contributed by atoms with van der Waals surface area (Å²) in [5.41, 5.74) is 6.17. The van der Waals surface area contributed by atoms with Gasteiger partial charge in [0.25, 0.3) is 0 Å². The fourth-order valence-corrected chi connectivity index (χ4v) is 1.29. The predicted octanol–water partition coefficient (Wildman–Crippen LogP) is 2.23. The molecule has 0 spiro atoms. The van der Waals surface area contributed by atoms with Crippen molar-refractivity contribution in [3.63, 3.8) is 0 Å². The number of nitrogens with one attached hydrogen (secondary N) is 1. The fourth-order valence-electron chi connectivity index (χ4n) is 1.29. The van der Waals surface area contributed by atoms with E-state index >= 15 is 0 Å². The third-order valence-electron chi connectivity index (χ3n) is 2.03. The van der Waals surface area contributed by atoms with Gasteiger partial charge < -0.3 is 10.7 Å². The molecule has 16 heavy (non-hydrogen) atoms. The molecule has 0 fully saturated rings. The minimum absolute atomic E-state index is 0.468. The van der Waals surface area contributed by atoms with Crippen LogP contribution in [0.5, 0.6) is 0 Å². The van der Waals surface area contributed by atoms with E-state index in [0.29, 0.717) is 5.95 Å². The Bertz CT molecular complexity index is 480. The molecular formula is C12H12N4. The van der Waals surface area contributed by atoms with E-state index in [1.807, 2.05) is 30.5 Å². The van der Waals surface area contributed by atoms with Gasteiger partial charge in [0.1, 0.15) is 0 Å². The van der Waals surface area contributed by atoms with Crippen molar-refractivity contribution in [1.29, 1.82) is 0 Å². The second kappa shape index (κ2) is 4.93. The molecule has 0 saturated heterocycles. The van der Waals surface area contributed by atoms with Crippen molar-refractivity contribution in [2.24, 2.45) is 0 Å². The normalized spacial score (nSPS) is 9.50. The van der Waals surface area contributed by atoms with E-state index in [4.69, 9.17) is 5.73 Å². The average Bonchev–Trinajstić information content (AvgIpc) is 2.81. The Hall–Kier alpha value is -2.36. The standard InChI is InChI=1S/C9H7N.C3H5N3/c1-2-6-9-8(4-1)5-3-7-10-9;4-3-5-1-2-6-3/h1-7H;1-2H,(H3,4,5,6). The first-order chi connectivity index (χ1) is 7.86. The number of rotatable bonds is 0. The van der Waals surface area contributed by atoms with Gasteiger partial charge in [0.05, 0.1) is 5.52 Å². The number of aromatic nitrogens is 3. The molecule has 0 aliphatic heterocycles. The fraction of sp³-hybridized carbons (Fsp3) is 0. The number of nitrogens with zero attached hydrogens (tertiary/aromatic N) is 2. The van der Waals surface area contributed by atoms with E-state index in [0.717, 1.165) is 5.52 Å². The third kappa shape index (κ3) is 2.57. The van der Waals surface area contributed by atoms with Crippen LogP contribution in [-0.2, 0) is 0 Å². The summed E-state index contributed by atoms with van der Waals surface area (Å²) in [6.07, 6.45) is 5.09. The molecule has 80 valence electrons. The van der Waals surface area contributed by atoms with Gasteiger partial charge in [-0.25, -0.2) is 4.98 Å². The lowest BCUT2D eigenvalue weighted by atomic mass is 10.2. The maximum Gasteiger partial charge on any atom is 0.197 e. The monoisotopic (exact) mass is 212 g/mol. The summed E-state index contributed by atoms with van der Waals surface area (Å²) < 4.78 is 0. The van der Waals surface area contributed by atoms with Gasteiger partial charge >= 0.3 is 0 Å². The summed E-state index contributed by atoms with van der Waals surface area (Å²) in [5.74, 6) is 0.468. The van der Waals surface area contributed by atoms with Gasteiger partial charge in [-0.1, -0.05) is 24.3 Å². The molecule has 3 N–H and O–H groups in total. The van der Waals surface area contributed by atoms with Crippen molar-refractivity contribution in [3.8, 4) is 0 Å². The van der Waals surface area contributed by atoms with E-state index in [2.05, 4.69) is 27.1 Å². The summed E-state index contributed by atoms with van der Waals surface area (Å²) >= 11 is 0. The van der Waals surface area contributed by atoms with Gasteiger partial charge in [-0.15, -0.1) is 0 Å². The maximum absolute atomic E-state index is 5.11. The summed E-state index contributed by atoms with van der Waals surface area (Å²) in [4.78, 5) is 10.5. The Morgan fingerprint density at radius 2 is 1.75 bits per heavy atom. The van der Waals surface area contributed by atoms with Gasteiger partial charge in [0.15, 0.2) is 5.95 Å². The van der Waals surface area contributed by atoms with Crippen molar-refractivity contribution in [3.05, 3.63) is 55.0 Å². The Kier molecular flexibility index (Phi) is 3.13. The van der Waals surface area contributed by atoms with Crippen LogP contribution in [0.2, 0.25) is 0 Å². The van der Waals surface area contributed by atoms with E-state index in [1.54, 1.807) is 12.4 Å². The molecule has 0 radical (unpaired) electrons. The predicted molar refractivity (Wildman–Crippen MR) is 64.7 cm³/mol. The number of hydrogen-bond acceptors (Lipinski definition) is 3. The van der Waals surface area contributed by atoms with Crippen LogP contribution in [0.1, 0.15) is 0 Å². The summed E-state index contributed by atoms with van der Waals surface area (Å²) in [6, 6.07) is 12.1. The zero-order valence-corrected chi connectivity index (χ0v) is 8.67. The van der Waals surface area contributed by atoms with Crippen LogP contribution < -0.4 is 5.73 Å². The van der Waals surface area contributed by atoms with Crippen LogP contribution in [-0.4, -0.2) is 15.0 Å². The molecule has 2 heterocycles. The van der Waals surface area contributed by atoms with Crippen LogP contribution in [0, 0.1) is 0 Å². The number of benzene rings is 1. The van der Waals surface area contributed by atoms with Gasteiger partial charge in [-0.2, -0.15) is 0 Å². The molecule has 3 aromatic rings. The highest BCUT2D eigenvalue weighted by Crippen LogP contribution is 2.07. The SMILES string of the molecule is Nc1ncc[nH]1.c1ccc2ncccc2c1. The van der Waals surface area contributed by atoms with Crippen molar-refractivity contribution in [2.45, 2.75) is 0 Å². The van der Waals surface area contributed by atoms with Crippen molar-refractivity contribution >= 4 is 16.9 Å². The molecule has 0 bridgehead atoms. The first-order valence-electron chi connectivity index (χ1n) is 4.91. The van der Waals surface area contributed by atoms with E-state index in [-0.39, 0.29) is 0 Å². The minimum atomic E-state index is 0.468. The molecule has 4 heteroatoms. The number of aromatic amines is 1. The molecule has 0 atom stereocenters. The second-order valence-electron chi connectivity index (χ2n) is 3.17.